The van der Waals surface area contributed by atoms with Crippen molar-refractivity contribution in [1.82, 2.24) is 89.1 Å². The molecule has 37 heteroatoms. The average molecular weight is 1590 g/mol. The fourth-order valence-electron chi connectivity index (χ4n) is 12.9. The molecule has 0 aliphatic carbocycles. The molecule has 1 fully saturated rings. The minimum atomic E-state index is -1.88. The summed E-state index contributed by atoms with van der Waals surface area (Å²) < 4.78 is 0. The molecule has 3 aromatic heterocycles. The van der Waals surface area contributed by atoms with Crippen LogP contribution >= 0.6 is 11.8 Å². The van der Waals surface area contributed by atoms with Crippen molar-refractivity contribution in [2.24, 2.45) is 35.0 Å². The van der Waals surface area contributed by atoms with E-state index in [1.54, 1.807) is 109 Å². The molecule has 0 spiro atoms. The molecule has 0 bridgehead atoms. The second kappa shape index (κ2) is 41.7. The van der Waals surface area contributed by atoms with Crippen LogP contribution in [0.2, 0.25) is 0 Å². The molecular formula is C77H101N21O15S. The molecule has 1 aliphatic heterocycles. The Bertz CT molecular complexity index is 4620. The van der Waals surface area contributed by atoms with Crippen molar-refractivity contribution in [2.45, 2.75) is 159 Å². The maximum absolute atomic E-state index is 15.2. The van der Waals surface area contributed by atoms with E-state index < -0.39 is 198 Å². The molecule has 36 nitrogen and oxygen atoms in total. The number of fused-ring (bicyclic) bond motifs is 3. The molecule has 0 unspecified atom stereocenters. The molecule has 4 heterocycles. The summed E-state index contributed by atoms with van der Waals surface area (Å²) in [6.45, 7) is 7.80. The van der Waals surface area contributed by atoms with E-state index in [0.717, 1.165) is 22.5 Å². The number of H-pyrrole nitrogens is 3. The van der Waals surface area contributed by atoms with Crippen molar-refractivity contribution in [3.63, 3.8) is 0 Å². The number of hydrogen-bond acceptors (Lipinski definition) is 18. The number of carbonyl (C=O) groups excluding carboxylic acids is 14. The van der Waals surface area contributed by atoms with E-state index in [1.165, 1.54) is 12.5 Å². The summed E-state index contributed by atoms with van der Waals surface area (Å²) >= 11 is 0.860. The predicted molar refractivity (Wildman–Crippen MR) is 424 cm³/mol. The number of aromatic amines is 3. The summed E-state index contributed by atoms with van der Waals surface area (Å²) in [5.41, 5.74) is 20.3. The number of aromatic nitrogens is 4. The van der Waals surface area contributed by atoms with Crippen molar-refractivity contribution in [1.29, 1.82) is 5.41 Å². The molecule has 4 aromatic carbocycles. The van der Waals surface area contributed by atoms with Gasteiger partial charge in [0, 0.05) is 78.4 Å². The van der Waals surface area contributed by atoms with Gasteiger partial charge in [-0.1, -0.05) is 127 Å². The standard InChI is InChI=1S/C77H101N21O15S/c1-7-41(6)65-76(113)94-58(35-99)67(104)86-34-61(101)88-52(21-14-24-83-77(80)81)68(105)92-57(30-60(78)100)70(107)91-55(28-46-32-85-51-20-13-11-18-49(46)51)73(110)96-63(39(2)3)74(111)93-56(29-47-33-82-38-87-47)69(106)90-54(27-45-31-84-50-19-12-10-17-48(45)50)72(109)97-64(40(4)5)75(112)95-59(66(79)103)36-114-37-62(102)89-53(71(108)98-65)26-42-22-23-43-15-8-9-16-44(43)25-42/h8-13,15-20,22-23,25,31-33,38-41,52-59,63-65,84-85,99H,7,14,21,24,26-30,34-37H2,1-6H3,(H2,78,100)(H2,79,103)(H,82,87)(H,86,104)(H,88,101)(H,89,102)(H,90,106)(H,91,107)(H,92,105)(H,93,111)(H,94,113)(H,95,112)(H,96,110)(H,97,109)(H,98,108)(H4,80,81,83)/t41-,52-,53+,54-,55-,56-,57-,58-,59-,63-,64-,65-/m0/s1. The summed E-state index contributed by atoms with van der Waals surface area (Å²) in [6.07, 6.45) is 4.25. The number of amides is 14. The number of para-hydroxylation sites is 2. The first-order valence-corrected chi connectivity index (χ1v) is 38.5. The first-order valence-electron chi connectivity index (χ1n) is 37.4. The molecule has 12 atom stereocenters. The monoisotopic (exact) mass is 1590 g/mol. The summed E-state index contributed by atoms with van der Waals surface area (Å²) in [6, 6.07) is 9.75. The Balaban J connectivity index is 1.15. The minimum absolute atomic E-state index is 0.0173. The molecule has 24 N–H and O–H groups in total. The number of thioether (sulfide) groups is 1. The van der Waals surface area contributed by atoms with Gasteiger partial charge in [-0.05, 0) is 70.2 Å². The first-order chi connectivity index (χ1) is 54.4. The zero-order chi connectivity index (χ0) is 82.9. The lowest BCUT2D eigenvalue weighted by Gasteiger charge is -2.29. The van der Waals surface area contributed by atoms with E-state index in [-0.39, 0.29) is 62.9 Å². The lowest BCUT2D eigenvalue weighted by Crippen LogP contribution is -2.62. The van der Waals surface area contributed by atoms with E-state index in [0.29, 0.717) is 38.5 Å². The largest absolute Gasteiger partial charge is 0.394 e. The van der Waals surface area contributed by atoms with Crippen LogP contribution in [0.25, 0.3) is 32.6 Å². The number of guanidine groups is 1. The van der Waals surface area contributed by atoms with Gasteiger partial charge in [0.1, 0.15) is 66.5 Å². The van der Waals surface area contributed by atoms with Crippen LogP contribution in [0, 0.1) is 23.2 Å². The number of aliphatic hydroxyl groups is 1. The average Bonchev–Trinajstić information content (AvgIpc) is 1.70. The molecule has 1 aliphatic rings. The van der Waals surface area contributed by atoms with Crippen LogP contribution in [0.4, 0.5) is 0 Å². The molecule has 0 saturated carbocycles. The van der Waals surface area contributed by atoms with Crippen LogP contribution in [0.15, 0.2) is 116 Å². The van der Waals surface area contributed by atoms with Crippen molar-refractivity contribution < 1.29 is 72.2 Å². The number of nitrogens with two attached hydrogens (primary N) is 3. The van der Waals surface area contributed by atoms with Gasteiger partial charge in [-0.3, -0.25) is 72.5 Å². The summed E-state index contributed by atoms with van der Waals surface area (Å²) in [4.78, 5) is 215. The highest BCUT2D eigenvalue weighted by molar-refractivity contribution is 8.00. The number of carbonyl (C=O) groups is 14. The zero-order valence-electron chi connectivity index (χ0n) is 64.0. The highest BCUT2D eigenvalue weighted by Gasteiger charge is 2.39. The maximum atomic E-state index is 15.2. The highest BCUT2D eigenvalue weighted by atomic mass is 32.2. The number of nitrogens with one attached hydrogen (secondary N) is 17. The smallest absolute Gasteiger partial charge is 0.245 e. The van der Waals surface area contributed by atoms with Gasteiger partial charge in [0.15, 0.2) is 5.96 Å². The third kappa shape index (κ3) is 25.0. The second-order valence-electron chi connectivity index (χ2n) is 28.7. The van der Waals surface area contributed by atoms with E-state index in [1.807, 2.05) is 36.4 Å². The number of aliphatic hydroxyl groups excluding tert-OH is 1. The molecule has 0 radical (unpaired) electrons. The third-order valence-corrected chi connectivity index (χ3v) is 20.4. The van der Waals surface area contributed by atoms with Crippen LogP contribution in [0.5, 0.6) is 0 Å². The topological polar surface area (TPSA) is 578 Å². The number of imidazole rings is 1. The fourth-order valence-corrected chi connectivity index (χ4v) is 13.7. The molecule has 8 rings (SSSR count). The Hall–Kier alpha value is -12.4. The molecule has 14 amide bonds. The van der Waals surface area contributed by atoms with Crippen LogP contribution in [0.1, 0.15) is 89.6 Å². The Labute approximate surface area is 660 Å². The van der Waals surface area contributed by atoms with E-state index in [4.69, 9.17) is 22.6 Å². The Morgan fingerprint density at radius 1 is 0.535 bits per heavy atom. The maximum Gasteiger partial charge on any atom is 0.245 e. The molecular weight excluding hydrogens is 1490 g/mol. The van der Waals surface area contributed by atoms with Crippen LogP contribution in [-0.4, -0.2) is 211 Å². The fraction of sp³-hybridized carbons (Fsp3) is 0.429. The lowest BCUT2D eigenvalue weighted by molar-refractivity contribution is -0.137. The van der Waals surface area contributed by atoms with E-state index in [2.05, 4.69) is 89.1 Å². The van der Waals surface area contributed by atoms with Gasteiger partial charge in [-0.15, -0.1) is 11.8 Å². The highest BCUT2D eigenvalue weighted by Crippen LogP contribution is 2.24. The quantitative estimate of drug-likeness (QED) is 0.0222. The Kier molecular flexibility index (Phi) is 31.9. The zero-order valence-corrected chi connectivity index (χ0v) is 64.8. The van der Waals surface area contributed by atoms with Crippen LogP contribution < -0.4 is 86.3 Å². The van der Waals surface area contributed by atoms with Gasteiger partial charge in [-0.2, -0.15) is 0 Å². The van der Waals surface area contributed by atoms with Gasteiger partial charge >= 0.3 is 0 Å². The van der Waals surface area contributed by atoms with Crippen molar-refractivity contribution in [2.75, 3.05) is 31.2 Å². The number of benzene rings is 4. The normalized spacial score (nSPS) is 23.0. The third-order valence-electron chi connectivity index (χ3n) is 19.3. The predicted octanol–water partition coefficient (Wildman–Crippen LogP) is -2.03. The minimum Gasteiger partial charge on any atom is -0.394 e. The summed E-state index contributed by atoms with van der Waals surface area (Å²) in [5, 5.41) is 55.1. The van der Waals surface area contributed by atoms with Crippen LogP contribution in [0.3, 0.4) is 0 Å². The number of nitrogens with zero attached hydrogens (tertiary/aromatic N) is 1. The number of primary amides is 2. The number of hydrogen-bond donors (Lipinski definition) is 21. The van der Waals surface area contributed by atoms with Gasteiger partial charge in [0.05, 0.1) is 37.3 Å². The number of rotatable bonds is 20. The van der Waals surface area contributed by atoms with Crippen molar-refractivity contribution >= 4 is 133 Å². The lowest BCUT2D eigenvalue weighted by atomic mass is 9.96. The summed E-state index contributed by atoms with van der Waals surface area (Å²) in [7, 11) is 0. The Morgan fingerprint density at radius 3 is 1.58 bits per heavy atom. The van der Waals surface area contributed by atoms with Crippen molar-refractivity contribution in [3.05, 3.63) is 138 Å². The molecule has 7 aromatic rings. The SMILES string of the molecule is CC[C@H](C)[C@@H]1NC(=O)[C@@H](Cc2ccc3ccccc3c2)NC(=O)CSC[C@@H](C(N)=O)NC(=O)[C@H](C(C)C)NC(=O)[C@H](Cc2c[nH]c3ccccc23)NC(=O)[C@H](Cc2c[nH]cn2)NC(=O)[C@H](C(C)C)NC(=O)[C@H](Cc2c[nH]c3ccccc23)NC(=O)[C@H](CC(N)=O)NC(=O)[C@H](CCCNC(=N)N)NC(=O)CNC(=O)[C@H](CO)NC1=O. The molecule has 610 valence electrons. The molecule has 114 heavy (non-hydrogen) atoms. The van der Waals surface area contributed by atoms with Gasteiger partial charge in [0.25, 0.3) is 0 Å². The van der Waals surface area contributed by atoms with E-state index >= 15 is 19.2 Å². The Morgan fingerprint density at radius 2 is 1.03 bits per heavy atom. The first kappa shape index (κ1) is 87.2. The van der Waals surface area contributed by atoms with Crippen LogP contribution in [-0.2, 0) is 92.8 Å². The summed E-state index contributed by atoms with van der Waals surface area (Å²) in [5.74, 6) is -17.0. The second-order valence-corrected chi connectivity index (χ2v) is 29.7. The molecule has 1 saturated heterocycles. The van der Waals surface area contributed by atoms with Gasteiger partial charge < -0.3 is 106 Å². The van der Waals surface area contributed by atoms with E-state index in [9.17, 15) is 53.1 Å². The van der Waals surface area contributed by atoms with Gasteiger partial charge in [0.2, 0.25) is 82.7 Å². The van der Waals surface area contributed by atoms with Gasteiger partial charge in [-0.25, -0.2) is 4.98 Å². The van der Waals surface area contributed by atoms with Crippen molar-refractivity contribution in [3.8, 4) is 0 Å².